The van der Waals surface area contributed by atoms with Gasteiger partial charge in [0.2, 0.25) is 0 Å². The zero-order valence-corrected chi connectivity index (χ0v) is 49.4. The predicted octanol–water partition coefficient (Wildman–Crippen LogP) is 23.8. The highest BCUT2D eigenvalue weighted by atomic mass is 15.2. The highest BCUT2D eigenvalue weighted by molar-refractivity contribution is 6.17. The molecule has 424 valence electrons. The fourth-order valence-electron chi connectivity index (χ4n) is 13.3. The van der Waals surface area contributed by atoms with Crippen molar-refractivity contribution in [3.8, 4) is 44.8 Å². The molecule has 2 heterocycles. The minimum atomic E-state index is 1.12. The number of hydrogen-bond acceptors (Lipinski definition) is 2. The van der Waals surface area contributed by atoms with Crippen LogP contribution in [-0.2, 0) is 0 Å². The Hall–Kier alpha value is -12.0. The van der Waals surface area contributed by atoms with Crippen LogP contribution in [0.4, 0.5) is 34.1 Å². The van der Waals surface area contributed by atoms with E-state index in [2.05, 4.69) is 383 Å². The van der Waals surface area contributed by atoms with Gasteiger partial charge in [-0.15, -0.1) is 0 Å². The second-order valence-electron chi connectivity index (χ2n) is 22.9. The molecule has 0 N–H and O–H groups in total. The third-order valence-electron chi connectivity index (χ3n) is 17.5. The molecule has 0 saturated carbocycles. The second kappa shape index (κ2) is 23.4. The van der Waals surface area contributed by atoms with Crippen LogP contribution in [0.15, 0.2) is 364 Å². The Morgan fingerprint density at radius 2 is 0.578 bits per heavy atom. The largest absolute Gasteiger partial charge is 0.310 e. The smallest absolute Gasteiger partial charge is 0.0562 e. The lowest BCUT2D eigenvalue weighted by Gasteiger charge is -2.27. The number of fused-ring (bicyclic) bond motifs is 8. The van der Waals surface area contributed by atoms with E-state index in [0.29, 0.717) is 0 Å². The Bertz CT molecular complexity index is 5380. The molecular weight excluding hydrogens is 1090 g/mol. The monoisotopic (exact) mass is 1150 g/mol. The molecule has 0 bridgehead atoms. The summed E-state index contributed by atoms with van der Waals surface area (Å²) in [6.45, 7) is 0. The highest BCUT2D eigenvalue weighted by Crippen LogP contribution is 2.46. The maximum Gasteiger partial charge on any atom is 0.0562 e. The average molecular weight is 1150 g/mol. The van der Waals surface area contributed by atoms with Gasteiger partial charge in [0.25, 0.3) is 0 Å². The zero-order chi connectivity index (χ0) is 59.7. The number of nitrogens with zero attached hydrogens (tertiary/aromatic N) is 4. The molecule has 90 heavy (non-hydrogen) atoms. The molecule has 0 spiro atoms. The van der Waals surface area contributed by atoms with Crippen LogP contribution in [0.1, 0.15) is 0 Å². The third kappa shape index (κ3) is 9.89. The van der Waals surface area contributed by atoms with Gasteiger partial charge in [-0.1, -0.05) is 255 Å². The fraction of sp³-hybridized carbons (Fsp3) is 0. The van der Waals surface area contributed by atoms with Gasteiger partial charge in [-0.3, -0.25) is 0 Å². The first-order valence-corrected chi connectivity index (χ1v) is 30.8. The Morgan fingerprint density at radius 3 is 1.21 bits per heavy atom. The Labute approximate surface area is 523 Å². The fourth-order valence-corrected chi connectivity index (χ4v) is 13.3. The number of anilines is 6. The molecule has 0 saturated heterocycles. The molecular formula is C86H60N4. The van der Waals surface area contributed by atoms with Crippen molar-refractivity contribution in [3.05, 3.63) is 364 Å². The highest BCUT2D eigenvalue weighted by Gasteiger charge is 2.23. The lowest BCUT2D eigenvalue weighted by Crippen LogP contribution is -2.10. The summed E-state index contributed by atoms with van der Waals surface area (Å²) in [5.41, 5.74) is 21.1. The number of para-hydroxylation sites is 4. The lowest BCUT2D eigenvalue weighted by atomic mass is 10.0. The van der Waals surface area contributed by atoms with Crippen LogP contribution >= 0.6 is 0 Å². The van der Waals surface area contributed by atoms with E-state index in [-0.39, 0.29) is 0 Å². The van der Waals surface area contributed by atoms with Crippen molar-refractivity contribution in [1.82, 2.24) is 9.13 Å². The van der Waals surface area contributed by atoms with Gasteiger partial charge in [-0.05, 0) is 159 Å². The minimum absolute atomic E-state index is 1.12. The molecule has 0 aliphatic carbocycles. The minimum Gasteiger partial charge on any atom is -0.310 e. The van der Waals surface area contributed by atoms with Gasteiger partial charge < -0.3 is 18.9 Å². The van der Waals surface area contributed by atoms with Crippen molar-refractivity contribution in [2.45, 2.75) is 0 Å². The third-order valence-corrected chi connectivity index (χ3v) is 17.5. The van der Waals surface area contributed by atoms with E-state index < -0.39 is 0 Å². The van der Waals surface area contributed by atoms with Gasteiger partial charge >= 0.3 is 0 Å². The zero-order valence-electron chi connectivity index (χ0n) is 49.4. The first-order valence-electron chi connectivity index (χ1n) is 30.8. The van der Waals surface area contributed by atoms with Gasteiger partial charge in [0.15, 0.2) is 0 Å². The summed E-state index contributed by atoms with van der Waals surface area (Å²) >= 11 is 0. The molecule has 0 aliphatic rings. The van der Waals surface area contributed by atoms with E-state index >= 15 is 0 Å². The summed E-state index contributed by atoms with van der Waals surface area (Å²) in [7, 11) is 0. The van der Waals surface area contributed by atoms with Gasteiger partial charge in [-0.2, -0.15) is 0 Å². The van der Waals surface area contributed by atoms with Crippen molar-refractivity contribution < 1.29 is 0 Å². The Balaban J connectivity index is 0.000000144. The van der Waals surface area contributed by atoms with E-state index in [9.17, 15) is 0 Å². The number of aromatic nitrogens is 2. The van der Waals surface area contributed by atoms with Crippen LogP contribution in [0.5, 0.6) is 0 Å². The van der Waals surface area contributed by atoms with E-state index in [1.54, 1.807) is 0 Å². The lowest BCUT2D eigenvalue weighted by molar-refractivity contribution is 1.18. The van der Waals surface area contributed by atoms with E-state index in [1.807, 2.05) is 0 Å². The van der Waals surface area contributed by atoms with Gasteiger partial charge in [-0.25, -0.2) is 0 Å². The van der Waals surface area contributed by atoms with Crippen LogP contribution in [-0.4, -0.2) is 9.13 Å². The van der Waals surface area contributed by atoms with Gasteiger partial charge in [0.1, 0.15) is 0 Å². The summed E-state index contributed by atoms with van der Waals surface area (Å²) < 4.78 is 4.80. The summed E-state index contributed by atoms with van der Waals surface area (Å²) in [6.07, 6.45) is 0. The second-order valence-corrected chi connectivity index (χ2v) is 22.9. The Morgan fingerprint density at radius 1 is 0.189 bits per heavy atom. The molecule has 15 aromatic carbocycles. The molecule has 0 amide bonds. The molecule has 17 rings (SSSR count). The van der Waals surface area contributed by atoms with Crippen molar-refractivity contribution in [3.63, 3.8) is 0 Å². The Kier molecular flexibility index (Phi) is 13.9. The summed E-state index contributed by atoms with van der Waals surface area (Å²) in [4.78, 5) is 4.76. The molecule has 4 heteroatoms. The standard InChI is InChI=1S/C44H30N2.C42H30N2/c1-2-15-36(16-3-1)45(42-20-10-14-33-12-6-7-17-39(33)42)38-27-28-41-40-18-8-9-19-43(40)46(44(41)30-38)37-25-23-32(24-26-37)35-22-21-31-11-4-5-13-34(31)29-35;1-4-13-31(14-5-1)33-23-27-36(28-24-33)43(35-17-8-3-9-18-35)40-21-12-22-41-42(40)38-19-10-11-20-39(38)44(41)37-29-25-34(26-30-37)32-15-6-2-7-16-32/h1-30H;1-30H. The van der Waals surface area contributed by atoms with Crippen LogP contribution in [0, 0.1) is 0 Å². The van der Waals surface area contributed by atoms with Crippen LogP contribution < -0.4 is 9.80 Å². The number of benzene rings is 15. The summed E-state index contributed by atoms with van der Waals surface area (Å²) in [6, 6.07) is 131. The first-order chi connectivity index (χ1) is 44.7. The van der Waals surface area contributed by atoms with Crippen LogP contribution in [0.2, 0.25) is 0 Å². The van der Waals surface area contributed by atoms with Crippen molar-refractivity contribution in [1.29, 1.82) is 0 Å². The summed E-state index contributed by atoms with van der Waals surface area (Å²) in [5, 5.41) is 9.91. The van der Waals surface area contributed by atoms with E-state index in [0.717, 1.165) is 45.5 Å². The van der Waals surface area contributed by atoms with Crippen LogP contribution in [0.3, 0.4) is 0 Å². The van der Waals surface area contributed by atoms with E-state index in [1.165, 1.54) is 98.5 Å². The molecule has 0 radical (unpaired) electrons. The molecule has 0 atom stereocenters. The number of rotatable bonds is 11. The molecule has 17 aromatic rings. The average Bonchev–Trinajstić information content (AvgIpc) is 1.62. The van der Waals surface area contributed by atoms with Crippen molar-refractivity contribution in [2.24, 2.45) is 0 Å². The van der Waals surface area contributed by atoms with Gasteiger partial charge in [0, 0.05) is 61.1 Å². The van der Waals surface area contributed by atoms with Gasteiger partial charge in [0.05, 0.1) is 33.4 Å². The maximum atomic E-state index is 2.41. The topological polar surface area (TPSA) is 16.3 Å². The first kappa shape index (κ1) is 53.5. The molecule has 0 unspecified atom stereocenters. The molecule has 4 nitrogen and oxygen atoms in total. The SMILES string of the molecule is c1ccc(-c2ccc(N(c3ccccc3)c3cccc4c3c3ccccc3n4-c3ccc(-c4ccccc4)cc3)cc2)cc1.c1ccc(N(c2ccc3c4ccccc4n(-c4ccc(-c5ccc6ccccc6c5)cc4)c3c2)c2cccc3ccccc23)cc1. The molecule has 2 aromatic heterocycles. The van der Waals surface area contributed by atoms with Crippen molar-refractivity contribution >= 4 is 99.3 Å². The normalized spacial score (nSPS) is 11.3. The molecule has 0 fully saturated rings. The quantitative estimate of drug-likeness (QED) is 0.128. The maximum absolute atomic E-state index is 2.41. The summed E-state index contributed by atoms with van der Waals surface area (Å²) in [5.74, 6) is 0. The predicted molar refractivity (Wildman–Crippen MR) is 382 cm³/mol. The van der Waals surface area contributed by atoms with Crippen molar-refractivity contribution in [2.75, 3.05) is 9.80 Å². The van der Waals surface area contributed by atoms with E-state index in [4.69, 9.17) is 0 Å². The molecule has 0 aliphatic heterocycles. The number of hydrogen-bond donors (Lipinski definition) is 0. The van der Waals surface area contributed by atoms with Crippen LogP contribution in [0.25, 0.3) is 110 Å².